The van der Waals surface area contributed by atoms with E-state index in [1.807, 2.05) is 13.8 Å². The monoisotopic (exact) mass is 220 g/mol. The van der Waals surface area contributed by atoms with Gasteiger partial charge in [0.15, 0.2) is 0 Å². The Kier molecular flexibility index (Phi) is 6.40. The predicted molar refractivity (Wildman–Crippen MR) is 75.0 cm³/mol. The van der Waals surface area contributed by atoms with Gasteiger partial charge in [0, 0.05) is 0 Å². The van der Waals surface area contributed by atoms with Crippen molar-refractivity contribution in [1.29, 1.82) is 0 Å². The summed E-state index contributed by atoms with van der Waals surface area (Å²) in [6.45, 7) is 15.5. The Morgan fingerprint density at radius 1 is 1.06 bits per heavy atom. The van der Waals surface area contributed by atoms with Crippen LogP contribution in [0.5, 0.6) is 0 Å². The highest BCUT2D eigenvalue weighted by molar-refractivity contribution is 5.32. The Balaban J connectivity index is 0.00000106. The molecule has 0 heterocycles. The third-order valence-electron chi connectivity index (χ3n) is 2.79. The molecule has 0 aromatic heterocycles. The van der Waals surface area contributed by atoms with Crippen LogP contribution in [0.1, 0.15) is 59.1 Å². The third-order valence-corrected chi connectivity index (χ3v) is 2.79. The number of benzene rings is 1. The van der Waals surface area contributed by atoms with Crippen molar-refractivity contribution in [2.75, 3.05) is 0 Å². The van der Waals surface area contributed by atoms with Gasteiger partial charge in [0.2, 0.25) is 0 Å². The maximum atomic E-state index is 2.34. The average molecular weight is 220 g/mol. The molecule has 0 fully saturated rings. The molecule has 0 radical (unpaired) electrons. The van der Waals surface area contributed by atoms with Gasteiger partial charge in [-0.05, 0) is 35.8 Å². The third kappa shape index (κ3) is 4.38. The molecule has 0 aliphatic carbocycles. The highest BCUT2D eigenvalue weighted by atomic mass is 14.3. The second-order valence-electron chi connectivity index (χ2n) is 5.30. The maximum absolute atomic E-state index is 2.34. The molecule has 0 aliphatic heterocycles. The van der Waals surface area contributed by atoms with Crippen molar-refractivity contribution >= 4 is 0 Å². The van der Waals surface area contributed by atoms with E-state index in [4.69, 9.17) is 0 Å². The maximum Gasteiger partial charge on any atom is -0.00985 e. The van der Waals surface area contributed by atoms with Gasteiger partial charge in [0.05, 0.1) is 0 Å². The van der Waals surface area contributed by atoms with E-state index in [2.05, 4.69) is 58.9 Å². The summed E-state index contributed by atoms with van der Waals surface area (Å²) in [4.78, 5) is 0. The van der Waals surface area contributed by atoms with Gasteiger partial charge in [-0.3, -0.25) is 0 Å². The quantitative estimate of drug-likeness (QED) is 0.644. The van der Waals surface area contributed by atoms with Crippen LogP contribution in [0.2, 0.25) is 0 Å². The molecule has 0 nitrogen and oxygen atoms in total. The Bertz CT molecular complexity index is 295. The summed E-state index contributed by atoms with van der Waals surface area (Å²) in [5.74, 6) is 0.754. The summed E-state index contributed by atoms with van der Waals surface area (Å²) >= 11 is 0. The minimum Gasteiger partial charge on any atom is -0.0683 e. The zero-order chi connectivity index (χ0) is 12.8. The van der Waals surface area contributed by atoms with Gasteiger partial charge in [0.1, 0.15) is 0 Å². The summed E-state index contributed by atoms with van der Waals surface area (Å²) in [5, 5.41) is 0. The molecule has 0 bridgehead atoms. The van der Waals surface area contributed by atoms with Crippen LogP contribution in [0, 0.1) is 12.8 Å². The van der Waals surface area contributed by atoms with Gasteiger partial charge in [-0.2, -0.15) is 0 Å². The largest absolute Gasteiger partial charge is 0.0683 e. The summed E-state index contributed by atoms with van der Waals surface area (Å²) < 4.78 is 0. The van der Waals surface area contributed by atoms with Gasteiger partial charge >= 0.3 is 0 Å². The second-order valence-corrected chi connectivity index (χ2v) is 5.30. The van der Waals surface area contributed by atoms with E-state index < -0.39 is 0 Å². The van der Waals surface area contributed by atoms with Gasteiger partial charge in [-0.25, -0.2) is 0 Å². The SMILES string of the molecule is CC.Cc1ccccc1C(C)(C)CC(C)C. The Hall–Kier alpha value is -0.780. The van der Waals surface area contributed by atoms with Crippen LogP contribution in [-0.2, 0) is 5.41 Å². The van der Waals surface area contributed by atoms with E-state index in [0.29, 0.717) is 5.41 Å². The Morgan fingerprint density at radius 3 is 2.00 bits per heavy atom. The summed E-state index contributed by atoms with van der Waals surface area (Å²) in [7, 11) is 0. The van der Waals surface area contributed by atoms with Gasteiger partial charge < -0.3 is 0 Å². The molecule has 92 valence electrons. The van der Waals surface area contributed by atoms with Crippen LogP contribution in [-0.4, -0.2) is 0 Å². The summed E-state index contributed by atoms with van der Waals surface area (Å²) in [6.07, 6.45) is 1.25. The molecule has 0 amide bonds. The molecule has 0 unspecified atom stereocenters. The molecular formula is C16H28. The van der Waals surface area contributed by atoms with Gasteiger partial charge in [0.25, 0.3) is 0 Å². The summed E-state index contributed by atoms with van der Waals surface area (Å²) in [6, 6.07) is 8.73. The molecule has 0 spiro atoms. The van der Waals surface area contributed by atoms with Crippen LogP contribution >= 0.6 is 0 Å². The molecule has 16 heavy (non-hydrogen) atoms. The van der Waals surface area contributed by atoms with E-state index in [9.17, 15) is 0 Å². The minimum atomic E-state index is 0.305. The molecule has 0 N–H and O–H groups in total. The standard InChI is InChI=1S/C14H22.C2H6/c1-11(2)10-14(4,5)13-9-7-6-8-12(13)3;1-2/h6-9,11H,10H2,1-5H3;1-2H3. The molecule has 1 aromatic carbocycles. The first-order valence-corrected chi connectivity index (χ1v) is 6.49. The average Bonchev–Trinajstić information content (AvgIpc) is 2.19. The van der Waals surface area contributed by atoms with E-state index in [1.54, 1.807) is 0 Å². The number of rotatable bonds is 3. The summed E-state index contributed by atoms with van der Waals surface area (Å²) in [5.41, 5.74) is 3.21. The normalized spacial score (nSPS) is 11.0. The van der Waals surface area contributed by atoms with E-state index in [-0.39, 0.29) is 0 Å². The molecule has 0 saturated heterocycles. The number of hydrogen-bond donors (Lipinski definition) is 0. The topological polar surface area (TPSA) is 0 Å². The van der Waals surface area contributed by atoms with Crippen molar-refractivity contribution in [2.24, 2.45) is 5.92 Å². The lowest BCUT2D eigenvalue weighted by atomic mass is 9.76. The zero-order valence-electron chi connectivity index (χ0n) is 12.1. The van der Waals surface area contributed by atoms with Crippen LogP contribution in [0.3, 0.4) is 0 Å². The van der Waals surface area contributed by atoms with Crippen LogP contribution in [0.15, 0.2) is 24.3 Å². The molecule has 0 aliphatic rings. The highest BCUT2D eigenvalue weighted by Crippen LogP contribution is 2.32. The van der Waals surface area contributed by atoms with Gasteiger partial charge in [-0.1, -0.05) is 65.8 Å². The van der Waals surface area contributed by atoms with Crippen LogP contribution < -0.4 is 0 Å². The molecule has 0 heteroatoms. The lowest BCUT2D eigenvalue weighted by Crippen LogP contribution is -2.20. The Morgan fingerprint density at radius 2 is 1.56 bits per heavy atom. The van der Waals surface area contributed by atoms with Crippen LogP contribution in [0.25, 0.3) is 0 Å². The molecule has 0 saturated carbocycles. The van der Waals surface area contributed by atoms with Crippen molar-refractivity contribution in [3.05, 3.63) is 35.4 Å². The van der Waals surface area contributed by atoms with E-state index in [1.165, 1.54) is 17.5 Å². The first-order chi connectivity index (χ1) is 7.43. The fourth-order valence-electron chi connectivity index (χ4n) is 2.46. The predicted octanol–water partition coefficient (Wildman–Crippen LogP) is 5.34. The molecule has 1 aromatic rings. The van der Waals surface area contributed by atoms with Crippen molar-refractivity contribution < 1.29 is 0 Å². The molecule has 1 rings (SSSR count). The minimum absolute atomic E-state index is 0.305. The van der Waals surface area contributed by atoms with Crippen LogP contribution in [0.4, 0.5) is 0 Å². The number of hydrogen-bond acceptors (Lipinski definition) is 0. The first kappa shape index (κ1) is 15.2. The fraction of sp³-hybridized carbons (Fsp3) is 0.625. The van der Waals surface area contributed by atoms with Gasteiger partial charge in [-0.15, -0.1) is 0 Å². The van der Waals surface area contributed by atoms with E-state index in [0.717, 1.165) is 5.92 Å². The zero-order valence-corrected chi connectivity index (χ0v) is 12.1. The fourth-order valence-corrected chi connectivity index (χ4v) is 2.46. The lowest BCUT2D eigenvalue weighted by Gasteiger charge is -2.29. The lowest BCUT2D eigenvalue weighted by molar-refractivity contribution is 0.398. The van der Waals surface area contributed by atoms with Crippen molar-refractivity contribution in [3.8, 4) is 0 Å². The van der Waals surface area contributed by atoms with Crippen molar-refractivity contribution in [2.45, 2.75) is 60.3 Å². The van der Waals surface area contributed by atoms with Crippen molar-refractivity contribution in [1.82, 2.24) is 0 Å². The van der Waals surface area contributed by atoms with E-state index >= 15 is 0 Å². The molecular weight excluding hydrogens is 192 g/mol. The second kappa shape index (κ2) is 6.73. The smallest absolute Gasteiger partial charge is 0.00985 e. The molecule has 0 atom stereocenters. The number of aryl methyl sites for hydroxylation is 1. The first-order valence-electron chi connectivity index (χ1n) is 6.49. The highest BCUT2D eigenvalue weighted by Gasteiger charge is 2.22. The Labute approximate surface area is 102 Å². The van der Waals surface area contributed by atoms with Crippen molar-refractivity contribution in [3.63, 3.8) is 0 Å².